The Labute approximate surface area is 120 Å². The summed E-state index contributed by atoms with van der Waals surface area (Å²) in [6.45, 7) is 0.208. The van der Waals surface area contributed by atoms with Gasteiger partial charge in [0.05, 0.1) is 24.6 Å². The Morgan fingerprint density at radius 2 is 2.10 bits per heavy atom. The highest BCUT2D eigenvalue weighted by atomic mass is 35.5. The number of nitrogens with one attached hydrogen (secondary N) is 1. The fourth-order valence-corrected chi connectivity index (χ4v) is 2.01. The molecule has 5 nitrogen and oxygen atoms in total. The van der Waals surface area contributed by atoms with Crippen molar-refractivity contribution in [3.8, 4) is 0 Å². The van der Waals surface area contributed by atoms with Crippen LogP contribution in [0.25, 0.3) is 10.9 Å². The number of amides is 1. The predicted octanol–water partition coefficient (Wildman–Crippen LogP) is 2.18. The predicted molar refractivity (Wildman–Crippen MR) is 75.7 cm³/mol. The molecule has 0 fully saturated rings. The van der Waals surface area contributed by atoms with Crippen LogP contribution in [0.15, 0.2) is 30.3 Å². The van der Waals surface area contributed by atoms with Crippen LogP contribution in [0.1, 0.15) is 16.8 Å². The van der Waals surface area contributed by atoms with E-state index in [1.165, 1.54) is 13.2 Å². The molecule has 0 atom stereocenters. The van der Waals surface area contributed by atoms with Gasteiger partial charge in [0.15, 0.2) is 0 Å². The molecule has 1 aromatic heterocycles. The number of hydrogen-bond acceptors (Lipinski definition) is 4. The number of nitrogens with zero attached hydrogens (tertiary/aromatic N) is 1. The van der Waals surface area contributed by atoms with Gasteiger partial charge < -0.3 is 10.1 Å². The number of hydrogen-bond donors (Lipinski definition) is 1. The highest BCUT2D eigenvalue weighted by Crippen LogP contribution is 2.20. The molecule has 0 aliphatic carbocycles. The summed E-state index contributed by atoms with van der Waals surface area (Å²) in [6.07, 6.45) is 0.124. The first-order valence-corrected chi connectivity index (χ1v) is 6.40. The van der Waals surface area contributed by atoms with Gasteiger partial charge in [-0.25, -0.2) is 4.98 Å². The van der Waals surface area contributed by atoms with Crippen LogP contribution in [-0.4, -0.2) is 30.5 Å². The second-order valence-electron chi connectivity index (χ2n) is 4.09. The van der Waals surface area contributed by atoms with Crippen LogP contribution in [0.4, 0.5) is 0 Å². The molecule has 0 aliphatic rings. The third-order valence-electron chi connectivity index (χ3n) is 2.77. The van der Waals surface area contributed by atoms with E-state index >= 15 is 0 Å². The van der Waals surface area contributed by atoms with Crippen molar-refractivity contribution < 1.29 is 14.3 Å². The molecule has 0 unspecified atom stereocenters. The molecule has 104 valence electrons. The van der Waals surface area contributed by atoms with Crippen LogP contribution >= 0.6 is 11.6 Å². The monoisotopic (exact) mass is 292 g/mol. The summed E-state index contributed by atoms with van der Waals surface area (Å²) in [5, 5.41) is 3.62. The van der Waals surface area contributed by atoms with Crippen molar-refractivity contribution >= 4 is 34.4 Å². The molecule has 6 heteroatoms. The summed E-state index contributed by atoms with van der Waals surface area (Å²) in [6, 6.07) is 8.74. The number of pyridine rings is 1. The van der Waals surface area contributed by atoms with Crippen molar-refractivity contribution in [2.75, 3.05) is 13.7 Å². The van der Waals surface area contributed by atoms with E-state index < -0.39 is 0 Å². The molecule has 1 heterocycles. The number of carbonyl (C=O) groups is 2. The van der Waals surface area contributed by atoms with Gasteiger partial charge in [-0.3, -0.25) is 9.59 Å². The zero-order chi connectivity index (χ0) is 14.5. The molecule has 0 bridgehead atoms. The van der Waals surface area contributed by atoms with E-state index in [-0.39, 0.29) is 30.0 Å². The number of halogens is 1. The normalized spacial score (nSPS) is 10.3. The topological polar surface area (TPSA) is 68.3 Å². The summed E-state index contributed by atoms with van der Waals surface area (Å²) in [5.74, 6) is -0.669. The molecule has 0 spiro atoms. The largest absolute Gasteiger partial charge is 0.469 e. The number of ether oxygens (including phenoxy) is 1. The highest BCUT2D eigenvalue weighted by Gasteiger charge is 2.12. The lowest BCUT2D eigenvalue weighted by atomic mass is 10.1. The molecule has 1 N–H and O–H groups in total. The number of benzene rings is 1. The second-order valence-corrected chi connectivity index (χ2v) is 4.48. The molecule has 0 saturated carbocycles. The van der Waals surface area contributed by atoms with Gasteiger partial charge in [0.2, 0.25) is 0 Å². The van der Waals surface area contributed by atoms with Gasteiger partial charge in [0.25, 0.3) is 5.91 Å². The molecular weight excluding hydrogens is 280 g/mol. The Kier molecular flexibility index (Phi) is 4.53. The first-order valence-electron chi connectivity index (χ1n) is 6.02. The van der Waals surface area contributed by atoms with Gasteiger partial charge in [-0.15, -0.1) is 0 Å². The molecule has 2 rings (SSSR count). The minimum Gasteiger partial charge on any atom is -0.469 e. The minimum absolute atomic E-state index is 0.124. The maximum atomic E-state index is 12.1. The average molecular weight is 293 g/mol. The maximum Gasteiger partial charge on any atom is 0.307 e. The Bertz CT molecular complexity index is 658. The van der Waals surface area contributed by atoms with Crippen molar-refractivity contribution in [2.24, 2.45) is 0 Å². The van der Waals surface area contributed by atoms with Gasteiger partial charge in [0.1, 0.15) is 5.15 Å². The molecule has 0 aliphatic heterocycles. The first kappa shape index (κ1) is 14.3. The van der Waals surface area contributed by atoms with E-state index in [0.717, 1.165) is 0 Å². The standard InChI is InChI=1S/C14H13ClN2O3/c1-20-13(18)6-7-16-14(19)10-8-12(15)17-11-5-3-2-4-9(10)11/h2-5,8H,6-7H2,1H3,(H,16,19). The summed E-state index contributed by atoms with van der Waals surface area (Å²) >= 11 is 5.91. The Morgan fingerprint density at radius 1 is 1.35 bits per heavy atom. The van der Waals surface area contributed by atoms with Crippen molar-refractivity contribution in [3.63, 3.8) is 0 Å². The van der Waals surface area contributed by atoms with Gasteiger partial charge in [-0.2, -0.15) is 0 Å². The quantitative estimate of drug-likeness (QED) is 0.693. The fraction of sp³-hybridized carbons (Fsp3) is 0.214. The van der Waals surface area contributed by atoms with Gasteiger partial charge in [-0.1, -0.05) is 29.8 Å². The van der Waals surface area contributed by atoms with E-state index in [0.29, 0.717) is 16.5 Å². The van der Waals surface area contributed by atoms with E-state index in [1.54, 1.807) is 12.1 Å². The molecule has 1 aromatic carbocycles. The minimum atomic E-state index is -0.372. The number of aromatic nitrogens is 1. The lowest BCUT2D eigenvalue weighted by molar-refractivity contribution is -0.140. The van der Waals surface area contributed by atoms with Gasteiger partial charge >= 0.3 is 5.97 Å². The van der Waals surface area contributed by atoms with Crippen molar-refractivity contribution in [1.29, 1.82) is 0 Å². The van der Waals surface area contributed by atoms with E-state index in [9.17, 15) is 9.59 Å². The number of carbonyl (C=O) groups excluding carboxylic acids is 2. The van der Waals surface area contributed by atoms with Crippen molar-refractivity contribution in [1.82, 2.24) is 10.3 Å². The Balaban J connectivity index is 2.19. The molecule has 1 amide bonds. The summed E-state index contributed by atoms with van der Waals surface area (Å²) in [5.41, 5.74) is 1.09. The SMILES string of the molecule is COC(=O)CCNC(=O)c1cc(Cl)nc2ccccc12. The third-order valence-corrected chi connectivity index (χ3v) is 2.97. The summed E-state index contributed by atoms with van der Waals surface area (Å²) in [7, 11) is 1.31. The number of esters is 1. The van der Waals surface area contributed by atoms with Crippen molar-refractivity contribution in [3.05, 3.63) is 41.0 Å². The second kappa shape index (κ2) is 6.34. The van der Waals surface area contributed by atoms with E-state index in [1.807, 2.05) is 12.1 Å². The number of para-hydroxylation sites is 1. The van der Waals surface area contributed by atoms with Crippen LogP contribution in [0.5, 0.6) is 0 Å². The fourth-order valence-electron chi connectivity index (χ4n) is 1.81. The zero-order valence-corrected chi connectivity index (χ0v) is 11.6. The van der Waals surface area contributed by atoms with E-state index in [4.69, 9.17) is 11.6 Å². The molecule has 20 heavy (non-hydrogen) atoms. The Morgan fingerprint density at radius 3 is 2.85 bits per heavy atom. The summed E-state index contributed by atoms with van der Waals surface area (Å²) < 4.78 is 4.51. The number of fused-ring (bicyclic) bond motifs is 1. The maximum absolute atomic E-state index is 12.1. The zero-order valence-electron chi connectivity index (χ0n) is 10.9. The lowest BCUT2D eigenvalue weighted by Crippen LogP contribution is -2.26. The summed E-state index contributed by atoms with van der Waals surface area (Å²) in [4.78, 5) is 27.3. The van der Waals surface area contributed by atoms with Gasteiger partial charge in [-0.05, 0) is 12.1 Å². The van der Waals surface area contributed by atoms with Crippen molar-refractivity contribution in [2.45, 2.75) is 6.42 Å². The number of methoxy groups -OCH3 is 1. The molecule has 0 saturated heterocycles. The molecular formula is C14H13ClN2O3. The van der Waals surface area contributed by atoms with Crippen LogP contribution in [0, 0.1) is 0 Å². The average Bonchev–Trinajstić information content (AvgIpc) is 2.45. The smallest absolute Gasteiger partial charge is 0.307 e. The van der Waals surface area contributed by atoms with Crippen LogP contribution in [0.3, 0.4) is 0 Å². The van der Waals surface area contributed by atoms with Crippen LogP contribution < -0.4 is 5.32 Å². The molecule has 2 aromatic rings. The molecule has 0 radical (unpaired) electrons. The lowest BCUT2D eigenvalue weighted by Gasteiger charge is -2.08. The number of rotatable bonds is 4. The highest BCUT2D eigenvalue weighted by molar-refractivity contribution is 6.30. The van der Waals surface area contributed by atoms with Crippen LogP contribution in [0.2, 0.25) is 5.15 Å². The third kappa shape index (κ3) is 3.24. The van der Waals surface area contributed by atoms with Gasteiger partial charge in [0, 0.05) is 11.9 Å². The Hall–Kier alpha value is -2.14. The van der Waals surface area contributed by atoms with E-state index in [2.05, 4.69) is 15.0 Å². The van der Waals surface area contributed by atoms with Crippen LogP contribution in [-0.2, 0) is 9.53 Å². The first-order chi connectivity index (χ1) is 9.61.